The van der Waals surface area contributed by atoms with Crippen LogP contribution >= 0.6 is 0 Å². The Morgan fingerprint density at radius 2 is 2.00 bits per heavy atom. The highest BCUT2D eigenvalue weighted by atomic mass is 19.1. The summed E-state index contributed by atoms with van der Waals surface area (Å²) in [4.78, 5) is 30.5. The predicted molar refractivity (Wildman–Crippen MR) is 90.6 cm³/mol. The largest absolute Gasteiger partial charge is 0.352 e. The summed E-state index contributed by atoms with van der Waals surface area (Å²) in [6.07, 6.45) is 1.42. The van der Waals surface area contributed by atoms with Gasteiger partial charge >= 0.3 is 0 Å². The van der Waals surface area contributed by atoms with E-state index in [1.807, 2.05) is 6.92 Å². The number of aryl methyl sites for hydroxylation is 1. The molecule has 2 fully saturated rings. The first-order chi connectivity index (χ1) is 12.6. The summed E-state index contributed by atoms with van der Waals surface area (Å²) < 4.78 is 15.2. The topological polar surface area (TPSA) is 80.1 Å². The van der Waals surface area contributed by atoms with Gasteiger partial charge in [0.2, 0.25) is 11.7 Å². The number of fused-ring (bicyclic) bond motifs is 1. The summed E-state index contributed by atoms with van der Waals surface area (Å²) in [6.45, 7) is 3.71. The minimum Gasteiger partial charge on any atom is -0.352 e. The van der Waals surface area contributed by atoms with E-state index < -0.39 is 0 Å². The van der Waals surface area contributed by atoms with Gasteiger partial charge in [0.1, 0.15) is 12.1 Å². The Balaban J connectivity index is 1.30. The number of piperidine rings is 1. The van der Waals surface area contributed by atoms with Crippen LogP contribution in [0.4, 0.5) is 4.39 Å². The van der Waals surface area contributed by atoms with E-state index in [0.29, 0.717) is 31.0 Å². The molecule has 3 atom stereocenters. The van der Waals surface area contributed by atoms with E-state index in [9.17, 15) is 14.0 Å². The molecule has 0 bridgehead atoms. The van der Waals surface area contributed by atoms with Crippen molar-refractivity contribution < 1.29 is 14.0 Å². The number of nitrogens with zero attached hydrogens (tertiary/aromatic N) is 4. The molecule has 1 saturated carbocycles. The fraction of sp³-hybridized carbons (Fsp3) is 0.444. The van der Waals surface area contributed by atoms with Gasteiger partial charge in [-0.1, -0.05) is 18.2 Å². The first kappa shape index (κ1) is 16.7. The molecule has 0 radical (unpaired) electrons. The van der Waals surface area contributed by atoms with Crippen LogP contribution in [-0.2, 0) is 17.8 Å². The van der Waals surface area contributed by atoms with Crippen LogP contribution in [0, 0.1) is 17.7 Å². The molecular formula is C18H20FN5O2. The highest BCUT2D eigenvalue weighted by molar-refractivity contribution is 5.91. The number of amides is 2. The molecule has 136 valence electrons. The SMILES string of the molecule is CCn1ncnc1C(=O)N1C[C@@H]2C(NC(=O)Cc3ccccc3F)[C@@H]2C1. The number of carbonyl (C=O) groups is 2. The maximum atomic E-state index is 13.6. The highest BCUT2D eigenvalue weighted by Crippen LogP contribution is 2.45. The van der Waals surface area contributed by atoms with Crippen LogP contribution in [0.2, 0.25) is 0 Å². The minimum absolute atomic E-state index is 0.0326. The fourth-order valence-electron chi connectivity index (χ4n) is 3.76. The lowest BCUT2D eigenvalue weighted by atomic mass is 10.1. The van der Waals surface area contributed by atoms with Crippen molar-refractivity contribution in [2.24, 2.45) is 11.8 Å². The van der Waals surface area contributed by atoms with E-state index in [1.165, 1.54) is 12.4 Å². The van der Waals surface area contributed by atoms with Gasteiger partial charge < -0.3 is 10.2 Å². The number of hydrogen-bond donors (Lipinski definition) is 1. The standard InChI is InChI=1S/C18H20FN5O2/c1-2-24-17(20-10-21-24)18(26)23-8-12-13(9-23)16(12)22-15(25)7-11-5-3-4-6-14(11)19/h3-6,10,12-13,16H,2,7-9H2,1H3,(H,22,25)/t12-,13+,16?. The second-order valence-corrected chi connectivity index (χ2v) is 6.80. The lowest BCUT2D eigenvalue weighted by Gasteiger charge is -2.20. The zero-order valence-corrected chi connectivity index (χ0v) is 14.4. The van der Waals surface area contributed by atoms with Crippen molar-refractivity contribution in [3.63, 3.8) is 0 Å². The van der Waals surface area contributed by atoms with Gasteiger partial charge in [-0.3, -0.25) is 9.59 Å². The molecule has 1 unspecified atom stereocenters. The van der Waals surface area contributed by atoms with Gasteiger partial charge in [-0.25, -0.2) is 14.1 Å². The molecule has 4 rings (SSSR count). The third-order valence-electron chi connectivity index (χ3n) is 5.22. The van der Waals surface area contributed by atoms with Gasteiger partial charge in [-0.05, 0) is 18.6 Å². The van der Waals surface area contributed by atoms with E-state index in [0.717, 1.165) is 0 Å². The molecule has 2 heterocycles. The molecule has 1 aromatic carbocycles. The maximum Gasteiger partial charge on any atom is 0.291 e. The monoisotopic (exact) mass is 357 g/mol. The lowest BCUT2D eigenvalue weighted by molar-refractivity contribution is -0.120. The number of halogens is 1. The maximum absolute atomic E-state index is 13.6. The van der Waals surface area contributed by atoms with Gasteiger partial charge in [0, 0.05) is 37.5 Å². The van der Waals surface area contributed by atoms with Crippen LogP contribution in [0.1, 0.15) is 23.1 Å². The third-order valence-corrected chi connectivity index (χ3v) is 5.22. The molecular weight excluding hydrogens is 337 g/mol. The summed E-state index contributed by atoms with van der Waals surface area (Å²) in [5, 5.41) is 7.00. The number of hydrogen-bond acceptors (Lipinski definition) is 4. The number of nitrogens with one attached hydrogen (secondary N) is 1. The van der Waals surface area contributed by atoms with Crippen molar-refractivity contribution in [2.45, 2.75) is 25.9 Å². The van der Waals surface area contributed by atoms with Crippen molar-refractivity contribution in [3.05, 3.63) is 47.8 Å². The Morgan fingerprint density at radius 1 is 1.27 bits per heavy atom. The summed E-state index contributed by atoms with van der Waals surface area (Å²) in [7, 11) is 0. The molecule has 26 heavy (non-hydrogen) atoms. The summed E-state index contributed by atoms with van der Waals surface area (Å²) in [6, 6.07) is 6.37. The number of carbonyl (C=O) groups excluding carboxylic acids is 2. The predicted octanol–water partition coefficient (Wildman–Crippen LogP) is 0.866. The van der Waals surface area contributed by atoms with E-state index in [-0.39, 0.29) is 41.9 Å². The third kappa shape index (κ3) is 2.95. The quantitative estimate of drug-likeness (QED) is 0.861. The van der Waals surface area contributed by atoms with Gasteiger partial charge in [-0.2, -0.15) is 5.10 Å². The molecule has 1 N–H and O–H groups in total. The summed E-state index contributed by atoms with van der Waals surface area (Å²) in [5.74, 6) is 0.221. The average molecular weight is 357 g/mol. The van der Waals surface area contributed by atoms with Crippen LogP contribution in [0.3, 0.4) is 0 Å². The van der Waals surface area contributed by atoms with Gasteiger partial charge in [0.25, 0.3) is 5.91 Å². The molecule has 1 aliphatic carbocycles. The number of likely N-dealkylation sites (tertiary alicyclic amines) is 1. The van der Waals surface area contributed by atoms with E-state index in [4.69, 9.17) is 0 Å². The molecule has 2 aliphatic rings. The lowest BCUT2D eigenvalue weighted by Crippen LogP contribution is -2.38. The van der Waals surface area contributed by atoms with Gasteiger partial charge in [-0.15, -0.1) is 0 Å². The Bertz CT molecular complexity index is 840. The van der Waals surface area contributed by atoms with Crippen molar-refractivity contribution in [1.29, 1.82) is 0 Å². The number of benzene rings is 1. The van der Waals surface area contributed by atoms with E-state index in [1.54, 1.807) is 27.8 Å². The Hall–Kier alpha value is -2.77. The van der Waals surface area contributed by atoms with Crippen LogP contribution in [0.25, 0.3) is 0 Å². The van der Waals surface area contributed by atoms with Crippen molar-refractivity contribution >= 4 is 11.8 Å². The zero-order valence-electron chi connectivity index (χ0n) is 14.4. The van der Waals surface area contributed by atoms with Gasteiger partial charge in [0.05, 0.1) is 6.42 Å². The Kier molecular flexibility index (Phi) is 4.18. The second kappa shape index (κ2) is 6.51. The summed E-state index contributed by atoms with van der Waals surface area (Å²) in [5.41, 5.74) is 0.395. The molecule has 2 amide bonds. The Morgan fingerprint density at radius 3 is 2.69 bits per heavy atom. The molecule has 1 aliphatic heterocycles. The second-order valence-electron chi connectivity index (χ2n) is 6.80. The first-order valence-corrected chi connectivity index (χ1v) is 8.78. The molecule has 1 saturated heterocycles. The molecule has 8 heteroatoms. The molecule has 1 aromatic heterocycles. The van der Waals surface area contributed by atoms with Crippen molar-refractivity contribution in [1.82, 2.24) is 25.0 Å². The zero-order chi connectivity index (χ0) is 18.3. The van der Waals surface area contributed by atoms with Crippen molar-refractivity contribution in [3.8, 4) is 0 Å². The summed E-state index contributed by atoms with van der Waals surface area (Å²) >= 11 is 0. The number of aromatic nitrogens is 3. The fourth-order valence-corrected chi connectivity index (χ4v) is 3.76. The Labute approximate surface area is 150 Å². The molecule has 0 spiro atoms. The molecule has 2 aromatic rings. The van der Waals surface area contributed by atoms with E-state index >= 15 is 0 Å². The average Bonchev–Trinajstić information content (AvgIpc) is 3.03. The van der Waals surface area contributed by atoms with E-state index in [2.05, 4.69) is 15.4 Å². The minimum atomic E-state index is -0.365. The first-order valence-electron chi connectivity index (χ1n) is 8.78. The van der Waals surface area contributed by atoms with Crippen LogP contribution in [0.5, 0.6) is 0 Å². The van der Waals surface area contributed by atoms with Crippen LogP contribution in [-0.4, -0.2) is 50.6 Å². The van der Waals surface area contributed by atoms with Crippen LogP contribution < -0.4 is 5.32 Å². The van der Waals surface area contributed by atoms with Crippen LogP contribution in [0.15, 0.2) is 30.6 Å². The van der Waals surface area contributed by atoms with Crippen molar-refractivity contribution in [2.75, 3.05) is 13.1 Å². The normalized spacial score (nSPS) is 23.6. The highest BCUT2D eigenvalue weighted by Gasteiger charge is 2.57. The molecule has 7 nitrogen and oxygen atoms in total. The van der Waals surface area contributed by atoms with Gasteiger partial charge in [0.15, 0.2) is 0 Å². The smallest absolute Gasteiger partial charge is 0.291 e. The number of rotatable bonds is 5.